The second kappa shape index (κ2) is 5.57. The Morgan fingerprint density at radius 2 is 2.05 bits per heavy atom. The molecule has 2 aromatic rings. The highest BCUT2D eigenvalue weighted by molar-refractivity contribution is 9.10. The number of primary amides is 1. The van der Waals surface area contributed by atoms with Gasteiger partial charge in [0.2, 0.25) is 0 Å². The van der Waals surface area contributed by atoms with Crippen LogP contribution in [-0.2, 0) is 6.54 Å². The fraction of sp³-hybridized carbons (Fsp3) is 0.286. The summed E-state index contributed by atoms with van der Waals surface area (Å²) in [7, 11) is 0. The standard InChI is InChI=1S/C14H16BrN3O/c1-3-8-18-9(2)11(14(16)19)12(15)13(18)10-4-6-17-7-5-10/h4-7H,3,8H2,1-2H3,(H2,16,19). The van der Waals surface area contributed by atoms with Gasteiger partial charge in [-0.05, 0) is 41.4 Å². The number of amides is 1. The molecule has 0 aliphatic carbocycles. The Labute approximate surface area is 120 Å². The fourth-order valence-electron chi connectivity index (χ4n) is 2.28. The quantitative estimate of drug-likeness (QED) is 0.940. The largest absolute Gasteiger partial charge is 0.366 e. The van der Waals surface area contributed by atoms with Crippen molar-refractivity contribution >= 4 is 21.8 Å². The molecule has 2 rings (SSSR count). The molecule has 0 bridgehead atoms. The highest BCUT2D eigenvalue weighted by atomic mass is 79.9. The molecule has 5 heteroatoms. The van der Waals surface area contributed by atoms with Crippen molar-refractivity contribution in [3.8, 4) is 11.3 Å². The molecule has 0 aliphatic heterocycles. The number of hydrogen-bond donors (Lipinski definition) is 1. The van der Waals surface area contributed by atoms with Crippen molar-refractivity contribution in [3.63, 3.8) is 0 Å². The van der Waals surface area contributed by atoms with Crippen molar-refractivity contribution in [2.24, 2.45) is 5.73 Å². The smallest absolute Gasteiger partial charge is 0.251 e. The van der Waals surface area contributed by atoms with Crippen LogP contribution >= 0.6 is 15.9 Å². The minimum atomic E-state index is -0.408. The molecule has 0 aliphatic rings. The van der Waals surface area contributed by atoms with Crippen molar-refractivity contribution in [2.75, 3.05) is 0 Å². The summed E-state index contributed by atoms with van der Waals surface area (Å²) < 4.78 is 2.89. The van der Waals surface area contributed by atoms with Crippen LogP contribution in [0.15, 0.2) is 29.0 Å². The number of nitrogens with zero attached hydrogens (tertiary/aromatic N) is 2. The van der Waals surface area contributed by atoms with E-state index in [2.05, 4.69) is 32.4 Å². The van der Waals surface area contributed by atoms with Crippen molar-refractivity contribution < 1.29 is 4.79 Å². The summed E-state index contributed by atoms with van der Waals surface area (Å²) >= 11 is 3.52. The van der Waals surface area contributed by atoms with E-state index in [1.807, 2.05) is 19.1 Å². The molecule has 0 unspecified atom stereocenters. The van der Waals surface area contributed by atoms with E-state index < -0.39 is 5.91 Å². The molecule has 0 saturated heterocycles. The SMILES string of the molecule is CCCn1c(C)c(C(N)=O)c(Br)c1-c1ccncc1. The molecule has 0 radical (unpaired) electrons. The molecule has 0 fully saturated rings. The number of rotatable bonds is 4. The van der Waals surface area contributed by atoms with Gasteiger partial charge in [0.1, 0.15) is 0 Å². The first-order valence-electron chi connectivity index (χ1n) is 6.16. The maximum atomic E-state index is 11.6. The van der Waals surface area contributed by atoms with Gasteiger partial charge in [-0.3, -0.25) is 9.78 Å². The molecule has 0 spiro atoms. The van der Waals surface area contributed by atoms with Crippen LogP contribution in [0, 0.1) is 6.92 Å². The Morgan fingerprint density at radius 1 is 1.42 bits per heavy atom. The van der Waals surface area contributed by atoms with Crippen LogP contribution in [0.25, 0.3) is 11.3 Å². The monoisotopic (exact) mass is 321 g/mol. The van der Waals surface area contributed by atoms with E-state index in [4.69, 9.17) is 5.73 Å². The van der Waals surface area contributed by atoms with Crippen LogP contribution in [0.5, 0.6) is 0 Å². The lowest BCUT2D eigenvalue weighted by molar-refractivity contribution is 0.0999. The first kappa shape index (κ1) is 13.8. The number of carbonyl (C=O) groups excluding carboxylic acids is 1. The van der Waals surface area contributed by atoms with E-state index >= 15 is 0 Å². The van der Waals surface area contributed by atoms with Gasteiger partial charge in [-0.25, -0.2) is 0 Å². The molecule has 2 N–H and O–H groups in total. The maximum absolute atomic E-state index is 11.6. The minimum Gasteiger partial charge on any atom is -0.366 e. The molecule has 0 atom stereocenters. The first-order chi connectivity index (χ1) is 9.07. The number of hydrogen-bond acceptors (Lipinski definition) is 2. The Kier molecular flexibility index (Phi) is 4.04. The summed E-state index contributed by atoms with van der Waals surface area (Å²) in [5.41, 5.74) is 8.93. The molecule has 2 aromatic heterocycles. The molecule has 2 heterocycles. The second-order valence-corrected chi connectivity index (χ2v) is 5.17. The predicted molar refractivity (Wildman–Crippen MR) is 78.9 cm³/mol. The number of nitrogens with two attached hydrogens (primary N) is 1. The van der Waals surface area contributed by atoms with E-state index in [-0.39, 0.29) is 0 Å². The van der Waals surface area contributed by atoms with E-state index in [0.29, 0.717) is 5.56 Å². The lowest BCUT2D eigenvalue weighted by atomic mass is 10.1. The van der Waals surface area contributed by atoms with Crippen LogP contribution in [0.1, 0.15) is 29.4 Å². The third-order valence-electron chi connectivity index (χ3n) is 3.11. The number of pyridine rings is 1. The van der Waals surface area contributed by atoms with E-state index in [9.17, 15) is 4.79 Å². The first-order valence-corrected chi connectivity index (χ1v) is 6.96. The molecular weight excluding hydrogens is 306 g/mol. The third kappa shape index (κ3) is 2.42. The van der Waals surface area contributed by atoms with Gasteiger partial charge in [0.25, 0.3) is 5.91 Å². The van der Waals surface area contributed by atoms with Gasteiger partial charge >= 0.3 is 0 Å². The molecule has 1 amide bonds. The highest BCUT2D eigenvalue weighted by Crippen LogP contribution is 2.35. The van der Waals surface area contributed by atoms with E-state index in [1.54, 1.807) is 12.4 Å². The van der Waals surface area contributed by atoms with Crippen molar-refractivity contribution in [2.45, 2.75) is 26.8 Å². The van der Waals surface area contributed by atoms with Crippen LogP contribution in [0.3, 0.4) is 0 Å². The van der Waals surface area contributed by atoms with Crippen LogP contribution in [0.4, 0.5) is 0 Å². The summed E-state index contributed by atoms with van der Waals surface area (Å²) in [5, 5.41) is 0. The highest BCUT2D eigenvalue weighted by Gasteiger charge is 2.22. The van der Waals surface area contributed by atoms with Crippen LogP contribution in [-0.4, -0.2) is 15.5 Å². The van der Waals surface area contributed by atoms with Gasteiger partial charge in [0.15, 0.2) is 0 Å². The maximum Gasteiger partial charge on any atom is 0.251 e. The molecule has 19 heavy (non-hydrogen) atoms. The Balaban J connectivity index is 2.72. The van der Waals surface area contributed by atoms with Gasteiger partial charge < -0.3 is 10.3 Å². The second-order valence-electron chi connectivity index (χ2n) is 4.37. The van der Waals surface area contributed by atoms with Gasteiger partial charge in [0.05, 0.1) is 15.7 Å². The molecule has 100 valence electrons. The molecular formula is C14H16BrN3O. The van der Waals surface area contributed by atoms with Crippen molar-refractivity contribution in [3.05, 3.63) is 40.3 Å². The third-order valence-corrected chi connectivity index (χ3v) is 3.88. The van der Waals surface area contributed by atoms with Gasteiger partial charge in [-0.2, -0.15) is 0 Å². The summed E-state index contributed by atoms with van der Waals surface area (Å²) in [6.45, 7) is 4.87. The van der Waals surface area contributed by atoms with Gasteiger partial charge in [0, 0.05) is 30.2 Å². The summed E-state index contributed by atoms with van der Waals surface area (Å²) in [5.74, 6) is -0.408. The van der Waals surface area contributed by atoms with Gasteiger partial charge in [-0.15, -0.1) is 0 Å². The fourth-order valence-corrected chi connectivity index (χ4v) is 3.21. The van der Waals surface area contributed by atoms with E-state index in [1.165, 1.54) is 0 Å². The van der Waals surface area contributed by atoms with Gasteiger partial charge in [-0.1, -0.05) is 6.92 Å². The topological polar surface area (TPSA) is 60.9 Å². The summed E-state index contributed by atoms with van der Waals surface area (Å²) in [6, 6.07) is 3.85. The zero-order valence-electron chi connectivity index (χ0n) is 11.0. The van der Waals surface area contributed by atoms with Crippen LogP contribution in [0.2, 0.25) is 0 Å². The molecule has 0 saturated carbocycles. The number of halogens is 1. The molecule has 0 aromatic carbocycles. The zero-order chi connectivity index (χ0) is 14.0. The molecule has 4 nitrogen and oxygen atoms in total. The van der Waals surface area contributed by atoms with Crippen LogP contribution < -0.4 is 5.73 Å². The Hall–Kier alpha value is -1.62. The number of aromatic nitrogens is 2. The van der Waals surface area contributed by atoms with Crippen molar-refractivity contribution in [1.82, 2.24) is 9.55 Å². The van der Waals surface area contributed by atoms with Crippen molar-refractivity contribution in [1.29, 1.82) is 0 Å². The van der Waals surface area contributed by atoms with E-state index in [0.717, 1.165) is 34.4 Å². The summed E-state index contributed by atoms with van der Waals surface area (Å²) in [6.07, 6.45) is 4.47. The lowest BCUT2D eigenvalue weighted by Crippen LogP contribution is -2.13. The Morgan fingerprint density at radius 3 is 2.58 bits per heavy atom. The normalized spacial score (nSPS) is 10.7. The average Bonchev–Trinajstić information content (AvgIpc) is 2.63. The number of carbonyl (C=O) groups is 1. The Bertz CT molecular complexity index is 605. The lowest BCUT2D eigenvalue weighted by Gasteiger charge is -2.10. The summed E-state index contributed by atoms with van der Waals surface area (Å²) in [4.78, 5) is 15.6. The average molecular weight is 322 g/mol. The minimum absolute atomic E-state index is 0.408. The zero-order valence-corrected chi connectivity index (χ0v) is 12.6. The predicted octanol–water partition coefficient (Wildman–Crippen LogP) is 3.13.